The standard InChI is InChI=1S/C30H36Cl2N4O2S/c31-23-7-3-6-22(18-23)19-28-30(38)36(26-10-1-2-11-27(26)39-28)21-29(37)33-12-5-13-34-14-16-35(17-15-34)25-9-4-8-24(32)20-25/h3-4,6-9,18-20,26-27H,1-2,5,10-17,21H2,(H,33,37)/b28-19-. The maximum Gasteiger partial charge on any atom is 0.261 e. The number of amides is 2. The van der Waals surface area contributed by atoms with Crippen LogP contribution in [0.1, 0.15) is 37.7 Å². The highest BCUT2D eigenvalue weighted by molar-refractivity contribution is 8.04. The number of carbonyl (C=O) groups excluding carboxylic acids is 2. The monoisotopic (exact) mass is 586 g/mol. The van der Waals surface area contributed by atoms with Crippen molar-refractivity contribution in [2.75, 3.05) is 50.7 Å². The normalized spacial score (nSPS) is 23.1. The summed E-state index contributed by atoms with van der Waals surface area (Å²) in [5.74, 6) is -0.122. The van der Waals surface area contributed by atoms with Crippen LogP contribution in [0.4, 0.5) is 5.69 Å². The van der Waals surface area contributed by atoms with E-state index in [9.17, 15) is 9.59 Å². The first-order valence-electron chi connectivity index (χ1n) is 13.9. The lowest BCUT2D eigenvalue weighted by Gasteiger charge is -2.43. The molecule has 0 spiro atoms. The van der Waals surface area contributed by atoms with E-state index in [0.717, 1.165) is 69.0 Å². The maximum absolute atomic E-state index is 13.5. The van der Waals surface area contributed by atoms with E-state index in [2.05, 4.69) is 21.2 Å². The fourth-order valence-corrected chi connectivity index (χ4v) is 7.61. The molecule has 2 heterocycles. The third-order valence-corrected chi connectivity index (χ3v) is 9.67. The van der Waals surface area contributed by atoms with E-state index in [0.29, 0.717) is 21.7 Å². The summed E-state index contributed by atoms with van der Waals surface area (Å²) >= 11 is 14.0. The lowest BCUT2D eigenvalue weighted by atomic mass is 9.93. The fourth-order valence-electron chi connectivity index (χ4n) is 5.75. The number of nitrogens with zero attached hydrogens (tertiary/aromatic N) is 3. The number of piperazine rings is 1. The predicted molar refractivity (Wildman–Crippen MR) is 163 cm³/mol. The minimum atomic E-state index is -0.0764. The first kappa shape index (κ1) is 28.3. The molecule has 0 aromatic heterocycles. The Labute approximate surface area is 245 Å². The zero-order valence-electron chi connectivity index (χ0n) is 22.2. The number of hydrogen-bond acceptors (Lipinski definition) is 5. The molecule has 3 fully saturated rings. The molecule has 2 saturated heterocycles. The molecule has 1 N–H and O–H groups in total. The first-order valence-corrected chi connectivity index (χ1v) is 15.5. The molecule has 2 unspecified atom stereocenters. The average molecular weight is 588 g/mol. The molecule has 6 nitrogen and oxygen atoms in total. The minimum Gasteiger partial charge on any atom is -0.369 e. The van der Waals surface area contributed by atoms with Gasteiger partial charge >= 0.3 is 0 Å². The second-order valence-corrected chi connectivity index (χ2v) is 12.7. The number of fused-ring (bicyclic) bond motifs is 1. The van der Waals surface area contributed by atoms with Crippen molar-refractivity contribution in [3.63, 3.8) is 0 Å². The molecule has 9 heteroatoms. The van der Waals surface area contributed by atoms with E-state index < -0.39 is 0 Å². The smallest absolute Gasteiger partial charge is 0.261 e. The van der Waals surface area contributed by atoms with Gasteiger partial charge in [0.25, 0.3) is 5.91 Å². The third kappa shape index (κ3) is 7.51. The van der Waals surface area contributed by atoms with E-state index >= 15 is 0 Å². The van der Waals surface area contributed by atoms with Gasteiger partial charge in [-0.05, 0) is 67.8 Å². The van der Waals surface area contributed by atoms with Crippen molar-refractivity contribution >= 4 is 58.5 Å². The average Bonchev–Trinajstić information content (AvgIpc) is 2.94. The van der Waals surface area contributed by atoms with E-state index in [-0.39, 0.29) is 24.4 Å². The number of rotatable bonds is 8. The summed E-state index contributed by atoms with van der Waals surface area (Å²) in [5, 5.41) is 4.82. The largest absolute Gasteiger partial charge is 0.369 e. The summed E-state index contributed by atoms with van der Waals surface area (Å²) in [6, 6.07) is 15.7. The number of carbonyl (C=O) groups is 2. The van der Waals surface area contributed by atoms with E-state index in [1.807, 2.05) is 53.4 Å². The van der Waals surface area contributed by atoms with E-state index in [1.54, 1.807) is 11.8 Å². The summed E-state index contributed by atoms with van der Waals surface area (Å²) in [6.07, 6.45) is 7.10. The number of anilines is 1. The Morgan fingerprint density at radius 3 is 2.51 bits per heavy atom. The van der Waals surface area contributed by atoms with Crippen LogP contribution in [0.25, 0.3) is 6.08 Å². The zero-order chi connectivity index (χ0) is 27.2. The molecule has 0 radical (unpaired) electrons. The van der Waals surface area contributed by atoms with Gasteiger partial charge in [-0.2, -0.15) is 0 Å². The molecule has 39 heavy (non-hydrogen) atoms. The number of halogens is 2. The van der Waals surface area contributed by atoms with Gasteiger partial charge < -0.3 is 15.1 Å². The highest BCUT2D eigenvalue weighted by atomic mass is 35.5. The van der Waals surface area contributed by atoms with Gasteiger partial charge in [0.2, 0.25) is 5.91 Å². The highest BCUT2D eigenvalue weighted by Crippen LogP contribution is 2.42. The van der Waals surface area contributed by atoms with Crippen molar-refractivity contribution in [3.8, 4) is 0 Å². The molecule has 2 aliphatic heterocycles. The van der Waals surface area contributed by atoms with Crippen LogP contribution in [0.3, 0.4) is 0 Å². The number of benzene rings is 2. The van der Waals surface area contributed by atoms with E-state index in [4.69, 9.17) is 23.2 Å². The predicted octanol–water partition coefficient (Wildman–Crippen LogP) is 5.55. The Kier molecular flexibility index (Phi) is 9.77. The lowest BCUT2D eigenvalue weighted by Crippen LogP contribution is -2.54. The van der Waals surface area contributed by atoms with Crippen molar-refractivity contribution in [1.29, 1.82) is 0 Å². The fraction of sp³-hybridized carbons (Fsp3) is 0.467. The van der Waals surface area contributed by atoms with Crippen LogP contribution in [0.5, 0.6) is 0 Å². The molecular weight excluding hydrogens is 551 g/mol. The van der Waals surface area contributed by atoms with E-state index in [1.165, 1.54) is 12.1 Å². The van der Waals surface area contributed by atoms with Crippen LogP contribution in [-0.4, -0.2) is 78.7 Å². The second-order valence-electron chi connectivity index (χ2n) is 10.5. The molecule has 1 aliphatic carbocycles. The van der Waals surface area contributed by atoms with Crippen LogP contribution in [0.2, 0.25) is 10.0 Å². The Balaban J connectivity index is 1.10. The molecule has 2 aromatic rings. The molecule has 2 atom stereocenters. The van der Waals surface area contributed by atoms with Gasteiger partial charge in [0.1, 0.15) is 6.54 Å². The summed E-state index contributed by atoms with van der Waals surface area (Å²) in [5.41, 5.74) is 2.08. The van der Waals surface area contributed by atoms with Crippen LogP contribution in [-0.2, 0) is 9.59 Å². The lowest BCUT2D eigenvalue weighted by molar-refractivity contribution is -0.135. The Bertz CT molecular complexity index is 1200. The number of thioether (sulfide) groups is 1. The van der Waals surface area contributed by atoms with Gasteiger partial charge in [0.15, 0.2) is 0 Å². The Morgan fingerprint density at radius 2 is 1.74 bits per heavy atom. The van der Waals surface area contributed by atoms with Crippen molar-refractivity contribution in [2.24, 2.45) is 0 Å². The maximum atomic E-state index is 13.5. The summed E-state index contributed by atoms with van der Waals surface area (Å²) < 4.78 is 0. The highest BCUT2D eigenvalue weighted by Gasteiger charge is 2.41. The van der Waals surface area contributed by atoms with Crippen LogP contribution in [0.15, 0.2) is 53.4 Å². The van der Waals surface area contributed by atoms with Crippen molar-refractivity contribution in [1.82, 2.24) is 15.1 Å². The second kappa shape index (κ2) is 13.4. The van der Waals surface area contributed by atoms with Gasteiger partial charge in [-0.1, -0.05) is 54.2 Å². The quantitative estimate of drug-likeness (QED) is 0.324. The molecular formula is C30H36Cl2N4O2S. The van der Waals surface area contributed by atoms with Crippen molar-refractivity contribution in [2.45, 2.75) is 43.4 Å². The van der Waals surface area contributed by atoms with Gasteiger partial charge in [-0.3, -0.25) is 14.5 Å². The van der Waals surface area contributed by atoms with Crippen molar-refractivity contribution < 1.29 is 9.59 Å². The zero-order valence-corrected chi connectivity index (χ0v) is 24.5. The van der Waals surface area contributed by atoms with Gasteiger partial charge in [0.05, 0.1) is 4.91 Å². The molecule has 2 amide bonds. The molecule has 2 aromatic carbocycles. The summed E-state index contributed by atoms with van der Waals surface area (Å²) in [6.45, 7) is 5.59. The molecule has 5 rings (SSSR count). The molecule has 3 aliphatic rings. The Morgan fingerprint density at radius 1 is 1.00 bits per heavy atom. The molecule has 208 valence electrons. The van der Waals surface area contributed by atoms with Gasteiger partial charge in [-0.25, -0.2) is 0 Å². The van der Waals surface area contributed by atoms with Crippen LogP contribution < -0.4 is 10.2 Å². The van der Waals surface area contributed by atoms with Crippen LogP contribution in [0, 0.1) is 0 Å². The number of hydrogen-bond donors (Lipinski definition) is 1. The Hall–Kier alpha value is -2.19. The third-order valence-electron chi connectivity index (χ3n) is 7.80. The number of nitrogens with one attached hydrogen (secondary N) is 1. The van der Waals surface area contributed by atoms with Crippen LogP contribution >= 0.6 is 35.0 Å². The van der Waals surface area contributed by atoms with Gasteiger partial charge in [-0.15, -0.1) is 11.8 Å². The molecule has 1 saturated carbocycles. The minimum absolute atomic E-state index is 0.0455. The first-order chi connectivity index (χ1) is 19.0. The van der Waals surface area contributed by atoms with Crippen molar-refractivity contribution in [3.05, 3.63) is 69.0 Å². The summed E-state index contributed by atoms with van der Waals surface area (Å²) in [7, 11) is 0. The molecule has 0 bridgehead atoms. The summed E-state index contributed by atoms with van der Waals surface area (Å²) in [4.78, 5) is 33.8. The van der Waals surface area contributed by atoms with Gasteiger partial charge in [0, 0.05) is 59.7 Å². The topological polar surface area (TPSA) is 55.9 Å². The SMILES string of the molecule is O=C(CN1C(=O)/C(=C/c2cccc(Cl)c2)SC2CCCCC21)NCCCN1CCN(c2cccc(Cl)c2)CC1.